The molecule has 0 atom stereocenters. The van der Waals surface area contributed by atoms with Crippen molar-refractivity contribution in [2.24, 2.45) is 0 Å². The van der Waals surface area contributed by atoms with Crippen molar-refractivity contribution in [3.63, 3.8) is 0 Å². The predicted molar refractivity (Wildman–Crippen MR) is 85.7 cm³/mol. The molecule has 0 fully saturated rings. The molecule has 0 aliphatic carbocycles. The van der Waals surface area contributed by atoms with E-state index in [9.17, 15) is 10.1 Å². The zero-order valence-corrected chi connectivity index (χ0v) is 13.4. The molecule has 20 heavy (non-hydrogen) atoms. The number of nitro benzene ring substituents is 1. The van der Waals surface area contributed by atoms with Gasteiger partial charge in [0.2, 0.25) is 0 Å². The molecule has 0 unspecified atom stereocenters. The molecule has 0 amide bonds. The van der Waals surface area contributed by atoms with Crippen LogP contribution in [-0.4, -0.2) is 19.0 Å². The van der Waals surface area contributed by atoms with Crippen LogP contribution in [0.2, 0.25) is 0 Å². The molecule has 0 radical (unpaired) electrons. The van der Waals surface area contributed by atoms with Crippen molar-refractivity contribution in [2.75, 3.05) is 19.0 Å². The molecule has 0 spiro atoms. The standard InChI is InChI=1S/C14H13BrN2O2S/c1-16(2)11-5-3-4-6-13(11)20-14-8-7-10(15)9-12(14)17(18)19/h3-9H,1-2H3. The van der Waals surface area contributed by atoms with E-state index in [2.05, 4.69) is 15.9 Å². The van der Waals surface area contributed by atoms with Gasteiger partial charge in [-0.05, 0) is 24.3 Å². The van der Waals surface area contributed by atoms with Gasteiger partial charge in [0.15, 0.2) is 0 Å². The van der Waals surface area contributed by atoms with Gasteiger partial charge in [-0.1, -0.05) is 39.8 Å². The van der Waals surface area contributed by atoms with Gasteiger partial charge in [-0.3, -0.25) is 10.1 Å². The van der Waals surface area contributed by atoms with Gasteiger partial charge < -0.3 is 4.90 Å². The summed E-state index contributed by atoms with van der Waals surface area (Å²) in [4.78, 5) is 14.4. The molecule has 0 N–H and O–H groups in total. The third kappa shape index (κ3) is 3.32. The number of halogens is 1. The van der Waals surface area contributed by atoms with E-state index in [0.29, 0.717) is 9.37 Å². The van der Waals surface area contributed by atoms with Crippen LogP contribution in [0, 0.1) is 10.1 Å². The summed E-state index contributed by atoms with van der Waals surface area (Å²) in [6.45, 7) is 0. The third-order valence-electron chi connectivity index (χ3n) is 2.68. The van der Waals surface area contributed by atoms with Crippen molar-refractivity contribution < 1.29 is 4.92 Å². The van der Waals surface area contributed by atoms with Crippen LogP contribution >= 0.6 is 27.7 Å². The lowest BCUT2D eigenvalue weighted by atomic mass is 10.3. The van der Waals surface area contributed by atoms with Gasteiger partial charge >= 0.3 is 0 Å². The number of benzene rings is 2. The predicted octanol–water partition coefficient (Wildman–Crippen LogP) is 4.57. The lowest BCUT2D eigenvalue weighted by Crippen LogP contribution is -2.09. The van der Waals surface area contributed by atoms with Crippen LogP contribution in [0.15, 0.2) is 56.7 Å². The van der Waals surface area contributed by atoms with E-state index in [0.717, 1.165) is 10.6 Å². The van der Waals surface area contributed by atoms with Crippen molar-refractivity contribution in [3.05, 3.63) is 57.1 Å². The number of hydrogen-bond donors (Lipinski definition) is 0. The maximum absolute atomic E-state index is 11.1. The van der Waals surface area contributed by atoms with E-state index in [1.807, 2.05) is 49.3 Å². The first-order chi connectivity index (χ1) is 9.49. The Labute approximate surface area is 130 Å². The van der Waals surface area contributed by atoms with Gasteiger partial charge in [0.1, 0.15) is 0 Å². The van der Waals surface area contributed by atoms with E-state index in [-0.39, 0.29) is 10.6 Å². The zero-order valence-electron chi connectivity index (χ0n) is 11.0. The minimum Gasteiger partial charge on any atom is -0.377 e. The van der Waals surface area contributed by atoms with Gasteiger partial charge in [-0.15, -0.1) is 0 Å². The van der Waals surface area contributed by atoms with Crippen molar-refractivity contribution in [2.45, 2.75) is 9.79 Å². The second kappa shape index (κ2) is 6.28. The highest BCUT2D eigenvalue weighted by atomic mass is 79.9. The summed E-state index contributed by atoms with van der Waals surface area (Å²) in [6.07, 6.45) is 0. The van der Waals surface area contributed by atoms with Crippen LogP contribution in [0.1, 0.15) is 0 Å². The van der Waals surface area contributed by atoms with E-state index in [1.165, 1.54) is 17.8 Å². The molecule has 2 rings (SSSR count). The molecule has 0 aliphatic rings. The third-order valence-corrected chi connectivity index (χ3v) is 4.31. The Morgan fingerprint density at radius 2 is 1.85 bits per heavy atom. The lowest BCUT2D eigenvalue weighted by Gasteiger charge is -2.16. The Hall–Kier alpha value is -1.53. The Balaban J connectivity index is 2.43. The van der Waals surface area contributed by atoms with Gasteiger partial charge in [0.25, 0.3) is 5.69 Å². The van der Waals surface area contributed by atoms with Crippen molar-refractivity contribution in [1.82, 2.24) is 0 Å². The number of anilines is 1. The summed E-state index contributed by atoms with van der Waals surface area (Å²) < 4.78 is 0.703. The highest BCUT2D eigenvalue weighted by Gasteiger charge is 2.16. The fourth-order valence-corrected chi connectivity index (χ4v) is 3.21. The topological polar surface area (TPSA) is 46.4 Å². The number of nitro groups is 1. The first-order valence-electron chi connectivity index (χ1n) is 5.87. The molecule has 2 aromatic carbocycles. The fraction of sp³-hybridized carbons (Fsp3) is 0.143. The second-order valence-electron chi connectivity index (χ2n) is 4.33. The molecule has 4 nitrogen and oxygen atoms in total. The van der Waals surface area contributed by atoms with Crippen LogP contribution in [0.4, 0.5) is 11.4 Å². The molecule has 6 heteroatoms. The quantitative estimate of drug-likeness (QED) is 0.597. The number of para-hydroxylation sites is 1. The van der Waals surface area contributed by atoms with Crippen LogP contribution in [-0.2, 0) is 0 Å². The first-order valence-corrected chi connectivity index (χ1v) is 7.48. The highest BCUT2D eigenvalue weighted by Crippen LogP contribution is 2.39. The number of hydrogen-bond acceptors (Lipinski definition) is 4. The number of nitrogens with zero attached hydrogens (tertiary/aromatic N) is 2. The molecular weight excluding hydrogens is 340 g/mol. The Morgan fingerprint density at radius 1 is 1.15 bits per heavy atom. The van der Waals surface area contributed by atoms with E-state index >= 15 is 0 Å². The van der Waals surface area contributed by atoms with Gasteiger partial charge in [0.05, 0.1) is 15.5 Å². The van der Waals surface area contributed by atoms with E-state index in [4.69, 9.17) is 0 Å². The maximum atomic E-state index is 11.1. The average Bonchev–Trinajstić information content (AvgIpc) is 2.41. The van der Waals surface area contributed by atoms with Crippen LogP contribution in [0.25, 0.3) is 0 Å². The lowest BCUT2D eigenvalue weighted by molar-refractivity contribution is -0.387. The maximum Gasteiger partial charge on any atom is 0.284 e. The number of rotatable bonds is 4. The molecule has 0 heterocycles. The van der Waals surface area contributed by atoms with Crippen LogP contribution in [0.3, 0.4) is 0 Å². The van der Waals surface area contributed by atoms with E-state index in [1.54, 1.807) is 6.07 Å². The highest BCUT2D eigenvalue weighted by molar-refractivity contribution is 9.10. The molecule has 0 saturated heterocycles. The van der Waals surface area contributed by atoms with Crippen LogP contribution < -0.4 is 4.90 Å². The Morgan fingerprint density at radius 3 is 2.50 bits per heavy atom. The second-order valence-corrected chi connectivity index (χ2v) is 6.33. The molecule has 2 aromatic rings. The zero-order chi connectivity index (χ0) is 14.7. The average molecular weight is 353 g/mol. The summed E-state index contributed by atoms with van der Waals surface area (Å²) in [5, 5.41) is 11.1. The molecule has 0 bridgehead atoms. The van der Waals surface area contributed by atoms with Crippen molar-refractivity contribution in [1.29, 1.82) is 0 Å². The SMILES string of the molecule is CN(C)c1ccccc1Sc1ccc(Br)cc1[N+](=O)[O-]. The molecule has 0 saturated carbocycles. The normalized spacial score (nSPS) is 10.3. The fourth-order valence-electron chi connectivity index (χ4n) is 1.75. The Bertz CT molecular complexity index is 647. The molecule has 104 valence electrons. The monoisotopic (exact) mass is 352 g/mol. The largest absolute Gasteiger partial charge is 0.377 e. The summed E-state index contributed by atoms with van der Waals surface area (Å²) in [5.41, 5.74) is 1.15. The van der Waals surface area contributed by atoms with Gasteiger partial charge in [-0.25, -0.2) is 0 Å². The van der Waals surface area contributed by atoms with Crippen molar-refractivity contribution >= 4 is 39.1 Å². The van der Waals surface area contributed by atoms with E-state index < -0.39 is 0 Å². The first kappa shape index (κ1) is 14.9. The summed E-state index contributed by atoms with van der Waals surface area (Å²) >= 11 is 4.67. The summed E-state index contributed by atoms with van der Waals surface area (Å²) in [5.74, 6) is 0. The van der Waals surface area contributed by atoms with Gasteiger partial charge in [0, 0.05) is 29.5 Å². The minimum atomic E-state index is -0.356. The van der Waals surface area contributed by atoms with Gasteiger partial charge in [-0.2, -0.15) is 0 Å². The minimum absolute atomic E-state index is 0.109. The van der Waals surface area contributed by atoms with Crippen LogP contribution in [0.5, 0.6) is 0 Å². The Kier molecular flexibility index (Phi) is 4.67. The molecule has 0 aliphatic heterocycles. The smallest absolute Gasteiger partial charge is 0.284 e. The molecular formula is C14H13BrN2O2S. The van der Waals surface area contributed by atoms with Crippen molar-refractivity contribution in [3.8, 4) is 0 Å². The summed E-state index contributed by atoms with van der Waals surface area (Å²) in [6, 6.07) is 12.9. The molecule has 0 aromatic heterocycles. The summed E-state index contributed by atoms with van der Waals surface area (Å²) in [7, 11) is 3.91.